The van der Waals surface area contributed by atoms with E-state index >= 15 is 0 Å². The van der Waals surface area contributed by atoms with Crippen molar-refractivity contribution in [2.45, 2.75) is 29.7 Å². The number of rotatable bonds is 4. The Hall–Kier alpha value is -0.570. The Morgan fingerprint density at radius 1 is 1.40 bits per heavy atom. The summed E-state index contributed by atoms with van der Waals surface area (Å²) in [5.74, 6) is -0.0850. The lowest BCUT2D eigenvalue weighted by atomic mass is 10.3. The summed E-state index contributed by atoms with van der Waals surface area (Å²) in [4.78, 5) is 13.4. The van der Waals surface area contributed by atoms with Crippen LogP contribution in [-0.2, 0) is 14.8 Å². The van der Waals surface area contributed by atoms with Gasteiger partial charge in [0, 0.05) is 6.54 Å². The molecule has 2 heterocycles. The number of sulfonamides is 1. The lowest BCUT2D eigenvalue weighted by molar-refractivity contribution is -0.126. The van der Waals surface area contributed by atoms with Crippen molar-refractivity contribution in [2.75, 3.05) is 6.54 Å². The minimum Gasteiger partial charge on any atom is -0.290 e. The number of carbonyl (C=O) groups excluding carboxylic acids is 1. The van der Waals surface area contributed by atoms with Crippen molar-refractivity contribution in [1.29, 1.82) is 0 Å². The summed E-state index contributed by atoms with van der Waals surface area (Å²) in [7, 11) is -3.81. The molecular weight excluding hydrogens is 340 g/mol. The Labute approximate surface area is 131 Å². The van der Waals surface area contributed by atoms with Gasteiger partial charge in [-0.25, -0.2) is 0 Å². The first kappa shape index (κ1) is 15.8. The van der Waals surface area contributed by atoms with Gasteiger partial charge in [0.1, 0.15) is 4.21 Å². The third kappa shape index (κ3) is 3.03. The molecule has 110 valence electrons. The van der Waals surface area contributed by atoms with Crippen LogP contribution >= 0.6 is 34.7 Å². The zero-order valence-corrected chi connectivity index (χ0v) is 14.1. The van der Waals surface area contributed by atoms with Crippen molar-refractivity contribution in [1.82, 2.24) is 4.90 Å². The minimum atomic E-state index is -3.81. The van der Waals surface area contributed by atoms with Gasteiger partial charge in [-0.2, -0.15) is 8.42 Å². The second kappa shape index (κ2) is 6.05. The summed E-state index contributed by atoms with van der Waals surface area (Å²) in [5, 5.41) is -0.00954. The highest BCUT2D eigenvalue weighted by atomic mass is 35.5. The van der Waals surface area contributed by atoms with Crippen LogP contribution in [0.15, 0.2) is 20.7 Å². The fourth-order valence-electron chi connectivity index (χ4n) is 1.71. The van der Waals surface area contributed by atoms with E-state index in [0.717, 1.165) is 11.3 Å². The fourth-order valence-corrected chi connectivity index (χ4v) is 5.53. The molecule has 2 rings (SSSR count). The van der Waals surface area contributed by atoms with Crippen LogP contribution in [0.3, 0.4) is 0 Å². The van der Waals surface area contributed by atoms with Crippen LogP contribution in [0.4, 0.5) is 0 Å². The molecule has 0 N–H and O–H groups in total. The molecule has 0 aliphatic carbocycles. The van der Waals surface area contributed by atoms with Crippen LogP contribution in [0.1, 0.15) is 20.3 Å². The number of halogens is 1. The first-order valence-corrected chi connectivity index (χ1v) is 9.48. The molecule has 1 saturated heterocycles. The molecule has 9 heteroatoms. The van der Waals surface area contributed by atoms with E-state index in [0.29, 0.717) is 17.3 Å². The Bertz CT molecular complexity index is 654. The smallest absolute Gasteiger partial charge is 0.290 e. The Morgan fingerprint density at radius 3 is 2.60 bits per heavy atom. The molecule has 1 amide bonds. The largest absolute Gasteiger partial charge is 0.294 e. The van der Waals surface area contributed by atoms with E-state index in [1.165, 1.54) is 28.8 Å². The van der Waals surface area contributed by atoms with Gasteiger partial charge in [0.2, 0.25) is 5.91 Å². The normalized spacial score (nSPS) is 21.9. The van der Waals surface area contributed by atoms with E-state index in [9.17, 15) is 13.2 Å². The summed E-state index contributed by atoms with van der Waals surface area (Å²) in [6.07, 6.45) is 0.643. The highest BCUT2D eigenvalue weighted by molar-refractivity contribution is 8.16. The molecule has 1 aliphatic heterocycles. The second-order valence-electron chi connectivity index (χ2n) is 4.00. The van der Waals surface area contributed by atoms with Crippen molar-refractivity contribution < 1.29 is 13.2 Å². The van der Waals surface area contributed by atoms with Gasteiger partial charge in [-0.15, -0.1) is 15.7 Å². The third-order valence-electron chi connectivity index (χ3n) is 2.71. The minimum absolute atomic E-state index is 0.0825. The number of amidine groups is 1. The molecule has 0 spiro atoms. The molecule has 1 aromatic rings. The van der Waals surface area contributed by atoms with Gasteiger partial charge < -0.3 is 0 Å². The summed E-state index contributed by atoms with van der Waals surface area (Å²) in [6, 6.07) is 2.93. The Kier molecular flexibility index (Phi) is 4.78. The molecule has 0 aromatic carbocycles. The summed E-state index contributed by atoms with van der Waals surface area (Å²) in [5.41, 5.74) is 0. The quantitative estimate of drug-likeness (QED) is 0.835. The molecule has 0 bridgehead atoms. The van der Waals surface area contributed by atoms with E-state index in [2.05, 4.69) is 4.40 Å². The van der Waals surface area contributed by atoms with Gasteiger partial charge in [0.05, 0.1) is 9.59 Å². The first-order valence-electron chi connectivity index (χ1n) is 5.97. The van der Waals surface area contributed by atoms with Crippen molar-refractivity contribution in [3.8, 4) is 0 Å². The molecule has 1 unspecified atom stereocenters. The molecule has 0 radical (unpaired) electrons. The number of nitrogens with zero attached hydrogens (tertiary/aromatic N) is 2. The number of carbonyl (C=O) groups is 1. The SMILES string of the molecule is CCC1SC(=NS(=O)(=O)c2ccc(Cl)s2)N(CC)C1=O. The number of hydrogen-bond donors (Lipinski definition) is 0. The maximum absolute atomic E-state index is 12.2. The maximum Gasteiger partial charge on any atom is 0.294 e. The van der Waals surface area contributed by atoms with Crippen LogP contribution in [0.5, 0.6) is 0 Å². The lowest BCUT2D eigenvalue weighted by Gasteiger charge is -2.12. The summed E-state index contributed by atoms with van der Waals surface area (Å²) in [6.45, 7) is 4.09. The van der Waals surface area contributed by atoms with E-state index in [1.807, 2.05) is 6.92 Å². The maximum atomic E-state index is 12.2. The molecule has 1 aliphatic rings. The van der Waals surface area contributed by atoms with E-state index < -0.39 is 10.0 Å². The van der Waals surface area contributed by atoms with Crippen LogP contribution in [0, 0.1) is 0 Å². The zero-order chi connectivity index (χ0) is 14.9. The van der Waals surface area contributed by atoms with Crippen molar-refractivity contribution in [3.63, 3.8) is 0 Å². The summed E-state index contributed by atoms with van der Waals surface area (Å²) >= 11 is 7.89. The predicted molar refractivity (Wildman–Crippen MR) is 83.0 cm³/mol. The molecule has 0 saturated carbocycles. The molecular formula is C11H13ClN2O3S3. The second-order valence-corrected chi connectivity index (χ2v) is 8.72. The number of thiophene rings is 1. The van der Waals surface area contributed by atoms with E-state index in [1.54, 1.807) is 6.92 Å². The van der Waals surface area contributed by atoms with Crippen LogP contribution in [0.25, 0.3) is 0 Å². The van der Waals surface area contributed by atoms with Gasteiger partial charge in [0.25, 0.3) is 10.0 Å². The molecule has 1 aromatic heterocycles. The topological polar surface area (TPSA) is 66.8 Å². The van der Waals surface area contributed by atoms with Gasteiger partial charge in [-0.1, -0.05) is 30.3 Å². The molecule has 1 atom stereocenters. The van der Waals surface area contributed by atoms with Gasteiger partial charge in [-0.05, 0) is 25.5 Å². The predicted octanol–water partition coefficient (Wildman–Crippen LogP) is 2.82. The third-order valence-corrected chi connectivity index (χ3v) is 7.13. The molecule has 1 fully saturated rings. The number of hydrogen-bond acceptors (Lipinski definition) is 5. The van der Waals surface area contributed by atoms with Crippen molar-refractivity contribution in [3.05, 3.63) is 16.5 Å². The van der Waals surface area contributed by atoms with Gasteiger partial charge in [0.15, 0.2) is 5.17 Å². The Morgan fingerprint density at radius 2 is 2.10 bits per heavy atom. The van der Waals surface area contributed by atoms with Crippen LogP contribution in [-0.4, -0.2) is 36.2 Å². The summed E-state index contributed by atoms with van der Waals surface area (Å²) < 4.78 is 28.6. The highest BCUT2D eigenvalue weighted by Crippen LogP contribution is 2.32. The van der Waals surface area contributed by atoms with Crippen LogP contribution in [0.2, 0.25) is 4.34 Å². The highest BCUT2D eigenvalue weighted by Gasteiger charge is 2.37. The average molecular weight is 353 g/mol. The Balaban J connectivity index is 2.37. The molecule has 20 heavy (non-hydrogen) atoms. The van der Waals surface area contributed by atoms with E-state index in [4.69, 9.17) is 11.6 Å². The van der Waals surface area contributed by atoms with Crippen LogP contribution < -0.4 is 0 Å². The standard InChI is InChI=1S/C11H13ClN2O3S3/c1-3-7-10(15)14(4-2)11(18-7)13-20(16,17)9-6-5-8(12)19-9/h5-7H,3-4H2,1-2H3. The van der Waals surface area contributed by atoms with E-state index in [-0.39, 0.29) is 20.5 Å². The lowest BCUT2D eigenvalue weighted by Crippen LogP contribution is -2.32. The van der Waals surface area contributed by atoms with Crippen molar-refractivity contribution in [2.24, 2.45) is 4.40 Å². The first-order chi connectivity index (χ1) is 9.39. The van der Waals surface area contributed by atoms with Crippen molar-refractivity contribution >= 4 is 55.8 Å². The zero-order valence-electron chi connectivity index (χ0n) is 10.9. The molecule has 5 nitrogen and oxygen atoms in total. The van der Waals surface area contributed by atoms with Gasteiger partial charge in [-0.3, -0.25) is 9.69 Å². The fraction of sp³-hybridized carbons (Fsp3) is 0.455. The monoisotopic (exact) mass is 352 g/mol. The number of thioether (sulfide) groups is 1. The average Bonchev–Trinajstić information content (AvgIpc) is 2.94. The number of amides is 1. The van der Waals surface area contributed by atoms with Gasteiger partial charge >= 0.3 is 0 Å².